The van der Waals surface area contributed by atoms with Crippen LogP contribution in [0.1, 0.15) is 29.8 Å². The summed E-state index contributed by atoms with van der Waals surface area (Å²) in [5.41, 5.74) is 1.73. The zero-order chi connectivity index (χ0) is 16.3. The second kappa shape index (κ2) is 6.73. The van der Waals surface area contributed by atoms with Crippen molar-refractivity contribution in [2.45, 2.75) is 25.6 Å². The minimum absolute atomic E-state index is 0.211. The number of hydrogen-bond acceptors (Lipinski definition) is 3. The second-order valence-electron chi connectivity index (χ2n) is 5.07. The Morgan fingerprint density at radius 1 is 1.32 bits per heavy atom. The quantitative estimate of drug-likeness (QED) is 0.906. The normalized spacial score (nSPS) is 13.1. The SMILES string of the molecule is Cc1cc(F)ccc1CS(=O)(=O)N[C@@H](C)c1ccc(Cl)cn1. The first kappa shape index (κ1) is 16.9. The second-order valence-corrected chi connectivity index (χ2v) is 7.26. The van der Waals surface area contributed by atoms with Gasteiger partial charge in [0, 0.05) is 6.20 Å². The number of nitrogens with one attached hydrogen (secondary N) is 1. The van der Waals surface area contributed by atoms with Crippen LogP contribution >= 0.6 is 11.6 Å². The largest absolute Gasteiger partial charge is 0.258 e. The van der Waals surface area contributed by atoms with E-state index in [1.54, 1.807) is 26.0 Å². The predicted molar refractivity (Wildman–Crippen MR) is 84.6 cm³/mol. The summed E-state index contributed by atoms with van der Waals surface area (Å²) in [7, 11) is -3.57. The number of aromatic nitrogens is 1. The van der Waals surface area contributed by atoms with Gasteiger partial charge in [-0.05, 0) is 49.2 Å². The summed E-state index contributed by atoms with van der Waals surface area (Å²) in [4.78, 5) is 4.09. The molecule has 4 nitrogen and oxygen atoms in total. The minimum Gasteiger partial charge on any atom is -0.258 e. The van der Waals surface area contributed by atoms with Crippen LogP contribution in [0.25, 0.3) is 0 Å². The van der Waals surface area contributed by atoms with Crippen LogP contribution in [-0.4, -0.2) is 13.4 Å². The van der Waals surface area contributed by atoms with Crippen LogP contribution in [0.15, 0.2) is 36.5 Å². The van der Waals surface area contributed by atoms with Gasteiger partial charge in [-0.2, -0.15) is 0 Å². The fourth-order valence-electron chi connectivity index (χ4n) is 2.04. The van der Waals surface area contributed by atoms with Crippen LogP contribution in [0, 0.1) is 12.7 Å². The summed E-state index contributed by atoms with van der Waals surface area (Å²) >= 11 is 5.76. The molecule has 0 saturated carbocycles. The van der Waals surface area contributed by atoms with Crippen molar-refractivity contribution < 1.29 is 12.8 Å². The van der Waals surface area contributed by atoms with E-state index in [-0.39, 0.29) is 11.6 Å². The number of halogens is 2. The Balaban J connectivity index is 2.12. The maximum absolute atomic E-state index is 13.1. The smallest absolute Gasteiger partial charge is 0.216 e. The summed E-state index contributed by atoms with van der Waals surface area (Å²) in [5, 5.41) is 0.487. The maximum Gasteiger partial charge on any atom is 0.216 e. The third-order valence-electron chi connectivity index (χ3n) is 3.20. The number of nitrogens with zero attached hydrogens (tertiary/aromatic N) is 1. The van der Waals surface area contributed by atoms with Crippen molar-refractivity contribution in [2.24, 2.45) is 0 Å². The number of sulfonamides is 1. The molecule has 2 rings (SSSR count). The number of aryl methyl sites for hydroxylation is 1. The molecule has 118 valence electrons. The van der Waals surface area contributed by atoms with E-state index in [4.69, 9.17) is 11.6 Å². The number of pyridine rings is 1. The Bertz CT molecular complexity index is 764. The van der Waals surface area contributed by atoms with Gasteiger partial charge in [-0.3, -0.25) is 4.98 Å². The van der Waals surface area contributed by atoms with Crippen molar-refractivity contribution in [1.82, 2.24) is 9.71 Å². The van der Waals surface area contributed by atoms with Gasteiger partial charge in [0.2, 0.25) is 10.0 Å². The monoisotopic (exact) mass is 342 g/mol. The molecule has 7 heteroatoms. The molecule has 1 aromatic heterocycles. The van der Waals surface area contributed by atoms with Crippen molar-refractivity contribution in [2.75, 3.05) is 0 Å². The Morgan fingerprint density at radius 3 is 2.64 bits per heavy atom. The lowest BCUT2D eigenvalue weighted by Crippen LogP contribution is -2.28. The van der Waals surface area contributed by atoms with Gasteiger partial charge in [0.25, 0.3) is 0 Å². The lowest BCUT2D eigenvalue weighted by molar-refractivity contribution is 0.562. The van der Waals surface area contributed by atoms with Gasteiger partial charge in [-0.25, -0.2) is 17.5 Å². The lowest BCUT2D eigenvalue weighted by Gasteiger charge is -2.14. The van der Waals surface area contributed by atoms with E-state index in [0.717, 1.165) is 0 Å². The van der Waals surface area contributed by atoms with Gasteiger partial charge < -0.3 is 0 Å². The molecular weight excluding hydrogens is 327 g/mol. The molecular formula is C15H16ClFN2O2S. The molecule has 0 saturated heterocycles. The van der Waals surface area contributed by atoms with E-state index in [1.165, 1.54) is 24.4 Å². The molecule has 0 unspecified atom stereocenters. The summed E-state index contributed by atoms with van der Waals surface area (Å²) in [6.45, 7) is 3.38. The fourth-order valence-corrected chi connectivity index (χ4v) is 3.63. The Hall–Kier alpha value is -1.50. The Kier molecular flexibility index (Phi) is 5.16. The van der Waals surface area contributed by atoms with Crippen molar-refractivity contribution in [3.8, 4) is 0 Å². The number of hydrogen-bond donors (Lipinski definition) is 1. The van der Waals surface area contributed by atoms with Gasteiger partial charge in [-0.15, -0.1) is 0 Å². The van der Waals surface area contributed by atoms with E-state index in [1.807, 2.05) is 0 Å². The molecule has 0 spiro atoms. The van der Waals surface area contributed by atoms with Crippen molar-refractivity contribution in [1.29, 1.82) is 0 Å². The molecule has 1 atom stereocenters. The highest BCUT2D eigenvalue weighted by atomic mass is 35.5. The molecule has 1 N–H and O–H groups in total. The first-order valence-corrected chi connectivity index (χ1v) is 8.66. The van der Waals surface area contributed by atoms with Crippen LogP contribution in [-0.2, 0) is 15.8 Å². The zero-order valence-electron chi connectivity index (χ0n) is 12.2. The molecule has 1 heterocycles. The first-order valence-electron chi connectivity index (χ1n) is 6.63. The van der Waals surface area contributed by atoms with Gasteiger partial charge in [0.15, 0.2) is 0 Å². The van der Waals surface area contributed by atoms with Crippen molar-refractivity contribution >= 4 is 21.6 Å². The van der Waals surface area contributed by atoms with E-state index in [0.29, 0.717) is 21.8 Å². The van der Waals surface area contributed by atoms with Crippen LogP contribution in [0.5, 0.6) is 0 Å². The Morgan fingerprint density at radius 2 is 2.05 bits per heavy atom. The minimum atomic E-state index is -3.57. The summed E-state index contributed by atoms with van der Waals surface area (Å²) in [5.74, 6) is -0.595. The molecule has 22 heavy (non-hydrogen) atoms. The standard InChI is InChI=1S/C15H16ClFN2O2S/c1-10-7-14(17)5-3-12(10)9-22(20,21)19-11(2)15-6-4-13(16)8-18-15/h3-8,11,19H,9H2,1-2H3/t11-/m0/s1. The third kappa shape index (κ3) is 4.50. The highest BCUT2D eigenvalue weighted by Crippen LogP contribution is 2.17. The van der Waals surface area contributed by atoms with E-state index in [2.05, 4.69) is 9.71 Å². The van der Waals surface area contributed by atoms with Gasteiger partial charge >= 0.3 is 0 Å². The summed E-state index contributed by atoms with van der Waals surface area (Å²) in [6, 6.07) is 6.88. The van der Waals surface area contributed by atoms with Crippen LogP contribution in [0.4, 0.5) is 4.39 Å². The number of rotatable bonds is 5. The molecule has 0 aliphatic rings. The van der Waals surface area contributed by atoms with Gasteiger partial charge in [-0.1, -0.05) is 17.7 Å². The van der Waals surface area contributed by atoms with Gasteiger partial charge in [0.1, 0.15) is 5.82 Å². The van der Waals surface area contributed by atoms with Crippen LogP contribution in [0.3, 0.4) is 0 Å². The van der Waals surface area contributed by atoms with Crippen molar-refractivity contribution in [3.63, 3.8) is 0 Å². The highest BCUT2D eigenvalue weighted by Gasteiger charge is 2.18. The molecule has 0 radical (unpaired) electrons. The third-order valence-corrected chi connectivity index (χ3v) is 4.83. The highest BCUT2D eigenvalue weighted by molar-refractivity contribution is 7.88. The molecule has 0 aliphatic heterocycles. The first-order chi connectivity index (χ1) is 10.3. The molecule has 0 fully saturated rings. The average Bonchev–Trinajstić information content (AvgIpc) is 2.42. The van der Waals surface area contributed by atoms with Crippen LogP contribution < -0.4 is 4.72 Å². The molecule has 0 amide bonds. The average molecular weight is 343 g/mol. The lowest BCUT2D eigenvalue weighted by atomic mass is 10.1. The van der Waals surface area contributed by atoms with Crippen molar-refractivity contribution in [3.05, 3.63) is 64.2 Å². The zero-order valence-corrected chi connectivity index (χ0v) is 13.7. The van der Waals surface area contributed by atoms with E-state index < -0.39 is 16.1 Å². The molecule has 0 aliphatic carbocycles. The summed E-state index contributed by atoms with van der Waals surface area (Å²) in [6.07, 6.45) is 1.46. The topological polar surface area (TPSA) is 59.1 Å². The maximum atomic E-state index is 13.1. The Labute approximate surface area is 134 Å². The fraction of sp³-hybridized carbons (Fsp3) is 0.267. The molecule has 1 aromatic carbocycles. The van der Waals surface area contributed by atoms with E-state index in [9.17, 15) is 12.8 Å². The van der Waals surface area contributed by atoms with Crippen LogP contribution in [0.2, 0.25) is 5.02 Å². The van der Waals surface area contributed by atoms with Gasteiger partial charge in [0.05, 0.1) is 22.5 Å². The molecule has 0 bridgehead atoms. The molecule has 2 aromatic rings. The predicted octanol–water partition coefficient (Wildman–Crippen LogP) is 3.36. The summed E-state index contributed by atoms with van der Waals surface area (Å²) < 4.78 is 40.1. The van der Waals surface area contributed by atoms with E-state index >= 15 is 0 Å². The number of benzene rings is 1.